The lowest BCUT2D eigenvalue weighted by molar-refractivity contribution is 0.477. The fourth-order valence-electron chi connectivity index (χ4n) is 7.53. The Kier molecular flexibility index (Phi) is 8.16. The molecule has 0 fully saturated rings. The predicted molar refractivity (Wildman–Crippen MR) is 224 cm³/mol. The standard InChI is InChI=1S/C50H39N3O/c1-50(2,3)37-26-27-51-44(32-37)34-14-13-15-35(28-34)45-29-36(30-46(52-45)43-21-10-12-23-49(43)54)40-19-8-7-18-39(40)33-24-25-42-41-20-9-11-22-47(41)53(48(42)31-33)38-16-5-4-6-17-38/h4-32,54H,1-3H3. The van der Waals surface area contributed by atoms with E-state index in [1.807, 2.05) is 24.4 Å². The van der Waals surface area contributed by atoms with Gasteiger partial charge >= 0.3 is 0 Å². The lowest BCUT2D eigenvalue weighted by Gasteiger charge is -2.19. The maximum absolute atomic E-state index is 11.0. The van der Waals surface area contributed by atoms with Gasteiger partial charge in [-0.15, -0.1) is 0 Å². The summed E-state index contributed by atoms with van der Waals surface area (Å²) in [5.74, 6) is 0.192. The van der Waals surface area contributed by atoms with Gasteiger partial charge in [-0.1, -0.05) is 124 Å². The van der Waals surface area contributed by atoms with E-state index in [-0.39, 0.29) is 11.2 Å². The third-order valence-electron chi connectivity index (χ3n) is 10.3. The lowest BCUT2D eigenvalue weighted by Crippen LogP contribution is -2.11. The molecule has 0 saturated heterocycles. The summed E-state index contributed by atoms with van der Waals surface area (Å²) >= 11 is 0. The van der Waals surface area contributed by atoms with Crippen LogP contribution in [0.1, 0.15) is 26.3 Å². The van der Waals surface area contributed by atoms with Gasteiger partial charge in [-0.2, -0.15) is 0 Å². The van der Waals surface area contributed by atoms with E-state index < -0.39 is 0 Å². The van der Waals surface area contributed by atoms with Crippen LogP contribution in [0.15, 0.2) is 176 Å². The van der Waals surface area contributed by atoms with Gasteiger partial charge in [0.15, 0.2) is 0 Å². The van der Waals surface area contributed by atoms with Crippen LogP contribution < -0.4 is 0 Å². The molecule has 3 aromatic heterocycles. The molecule has 9 rings (SSSR count). The van der Waals surface area contributed by atoms with Crippen molar-refractivity contribution in [2.24, 2.45) is 0 Å². The third-order valence-corrected chi connectivity index (χ3v) is 10.3. The summed E-state index contributed by atoms with van der Waals surface area (Å²) in [4.78, 5) is 9.93. The second-order valence-corrected chi connectivity index (χ2v) is 14.9. The van der Waals surface area contributed by atoms with Crippen molar-refractivity contribution in [3.63, 3.8) is 0 Å². The molecule has 0 saturated carbocycles. The van der Waals surface area contributed by atoms with Crippen molar-refractivity contribution in [3.8, 4) is 67.5 Å². The van der Waals surface area contributed by atoms with E-state index >= 15 is 0 Å². The van der Waals surface area contributed by atoms with E-state index in [2.05, 4.69) is 171 Å². The fourth-order valence-corrected chi connectivity index (χ4v) is 7.53. The van der Waals surface area contributed by atoms with Gasteiger partial charge in [0.25, 0.3) is 0 Å². The number of aromatic hydroxyl groups is 1. The van der Waals surface area contributed by atoms with E-state index in [0.29, 0.717) is 11.3 Å². The quantitative estimate of drug-likeness (QED) is 0.188. The molecule has 0 bridgehead atoms. The number of hydrogen-bond donors (Lipinski definition) is 1. The molecule has 6 aromatic carbocycles. The SMILES string of the molecule is CC(C)(C)c1ccnc(-c2cccc(-c3cc(-c4ccccc4-c4ccc5c6ccccc6n(-c6ccccc6)c5c4)cc(-c4ccccc4O)n3)c2)c1. The molecule has 4 nitrogen and oxygen atoms in total. The molecule has 0 spiro atoms. The molecule has 4 heteroatoms. The van der Waals surface area contributed by atoms with Gasteiger partial charge in [0.1, 0.15) is 5.75 Å². The Balaban J connectivity index is 1.22. The highest BCUT2D eigenvalue weighted by Gasteiger charge is 2.18. The van der Waals surface area contributed by atoms with Gasteiger partial charge in [0.2, 0.25) is 0 Å². The van der Waals surface area contributed by atoms with Crippen LogP contribution in [-0.4, -0.2) is 19.6 Å². The largest absolute Gasteiger partial charge is 0.507 e. The Labute approximate surface area is 315 Å². The van der Waals surface area contributed by atoms with Crippen LogP contribution in [-0.2, 0) is 5.41 Å². The van der Waals surface area contributed by atoms with Crippen molar-refractivity contribution in [1.82, 2.24) is 14.5 Å². The Morgan fingerprint density at radius 3 is 1.89 bits per heavy atom. The minimum Gasteiger partial charge on any atom is -0.507 e. The first-order chi connectivity index (χ1) is 26.3. The number of hydrogen-bond acceptors (Lipinski definition) is 3. The molecule has 0 aliphatic carbocycles. The van der Waals surface area contributed by atoms with Crippen LogP contribution in [0.5, 0.6) is 5.75 Å². The van der Waals surface area contributed by atoms with E-state index in [1.54, 1.807) is 6.07 Å². The zero-order valence-corrected chi connectivity index (χ0v) is 30.5. The maximum Gasteiger partial charge on any atom is 0.124 e. The van der Waals surface area contributed by atoms with Crippen LogP contribution in [0.3, 0.4) is 0 Å². The highest BCUT2D eigenvalue weighted by Crippen LogP contribution is 2.41. The average molecular weight is 698 g/mol. The molecule has 9 aromatic rings. The van der Waals surface area contributed by atoms with Crippen molar-refractivity contribution in [1.29, 1.82) is 0 Å². The summed E-state index contributed by atoms with van der Waals surface area (Å²) in [5, 5.41) is 13.5. The van der Waals surface area contributed by atoms with Crippen LogP contribution in [0, 0.1) is 0 Å². The first kappa shape index (κ1) is 33.1. The summed E-state index contributed by atoms with van der Waals surface area (Å²) in [5.41, 5.74) is 14.1. The maximum atomic E-state index is 11.0. The molecule has 0 atom stereocenters. The summed E-state index contributed by atoms with van der Waals surface area (Å²) in [6, 6.07) is 58.9. The molecule has 0 unspecified atom stereocenters. The van der Waals surface area contributed by atoms with Gasteiger partial charge < -0.3 is 9.67 Å². The van der Waals surface area contributed by atoms with Crippen LogP contribution in [0.25, 0.3) is 83.5 Å². The van der Waals surface area contributed by atoms with Crippen molar-refractivity contribution in [3.05, 3.63) is 182 Å². The molecule has 0 radical (unpaired) electrons. The number of para-hydroxylation sites is 3. The van der Waals surface area contributed by atoms with Crippen LogP contribution >= 0.6 is 0 Å². The van der Waals surface area contributed by atoms with E-state index in [9.17, 15) is 5.11 Å². The monoisotopic (exact) mass is 697 g/mol. The fraction of sp³-hybridized carbons (Fsp3) is 0.0800. The predicted octanol–water partition coefficient (Wildman–Crippen LogP) is 12.9. The molecular weight excluding hydrogens is 659 g/mol. The molecule has 0 aliphatic rings. The van der Waals surface area contributed by atoms with Crippen LogP contribution in [0.4, 0.5) is 0 Å². The number of phenols is 1. The molecule has 260 valence electrons. The Bertz CT molecular complexity index is 2830. The van der Waals surface area contributed by atoms with E-state index in [0.717, 1.165) is 56.0 Å². The van der Waals surface area contributed by atoms with Crippen molar-refractivity contribution in [2.75, 3.05) is 0 Å². The zero-order chi connectivity index (χ0) is 36.8. The number of nitrogens with zero attached hydrogens (tertiary/aromatic N) is 3. The molecule has 54 heavy (non-hydrogen) atoms. The number of fused-ring (bicyclic) bond motifs is 3. The summed E-state index contributed by atoms with van der Waals surface area (Å²) < 4.78 is 2.36. The smallest absolute Gasteiger partial charge is 0.124 e. The topological polar surface area (TPSA) is 50.9 Å². The van der Waals surface area contributed by atoms with Crippen LogP contribution in [0.2, 0.25) is 0 Å². The Hall–Kier alpha value is -6.78. The normalized spacial score (nSPS) is 11.7. The summed E-state index contributed by atoms with van der Waals surface area (Å²) in [7, 11) is 0. The average Bonchev–Trinajstić information content (AvgIpc) is 3.54. The molecule has 0 aliphatic heterocycles. The second-order valence-electron chi connectivity index (χ2n) is 14.9. The van der Waals surface area contributed by atoms with E-state index in [4.69, 9.17) is 9.97 Å². The van der Waals surface area contributed by atoms with Gasteiger partial charge in [-0.3, -0.25) is 4.98 Å². The Morgan fingerprint density at radius 2 is 1.11 bits per heavy atom. The number of pyridine rings is 2. The first-order valence-corrected chi connectivity index (χ1v) is 18.4. The second kappa shape index (κ2) is 13.3. The molecule has 1 N–H and O–H groups in total. The molecular formula is C50H39N3O. The van der Waals surface area contributed by atoms with Crippen molar-refractivity contribution < 1.29 is 5.11 Å². The lowest BCUT2D eigenvalue weighted by atomic mass is 9.87. The highest BCUT2D eigenvalue weighted by atomic mass is 16.3. The van der Waals surface area contributed by atoms with Crippen molar-refractivity contribution in [2.45, 2.75) is 26.2 Å². The Morgan fingerprint density at radius 1 is 0.463 bits per heavy atom. The third kappa shape index (κ3) is 6.02. The van der Waals surface area contributed by atoms with Gasteiger partial charge in [0, 0.05) is 39.3 Å². The van der Waals surface area contributed by atoms with Gasteiger partial charge in [-0.25, -0.2) is 4.98 Å². The summed E-state index contributed by atoms with van der Waals surface area (Å²) in [6.45, 7) is 6.66. The molecule has 0 amide bonds. The number of aromatic nitrogens is 3. The van der Waals surface area contributed by atoms with Crippen molar-refractivity contribution >= 4 is 21.8 Å². The van der Waals surface area contributed by atoms with Gasteiger partial charge in [-0.05, 0) is 100.0 Å². The number of rotatable bonds is 6. The first-order valence-electron chi connectivity index (χ1n) is 18.4. The minimum atomic E-state index is 0.00775. The minimum absolute atomic E-state index is 0.00775. The zero-order valence-electron chi connectivity index (χ0n) is 30.5. The molecule has 3 heterocycles. The summed E-state index contributed by atoms with van der Waals surface area (Å²) in [6.07, 6.45) is 1.89. The highest BCUT2D eigenvalue weighted by molar-refractivity contribution is 6.10. The number of benzene rings is 6. The van der Waals surface area contributed by atoms with E-state index in [1.165, 1.54) is 21.9 Å². The van der Waals surface area contributed by atoms with Gasteiger partial charge in [0.05, 0.1) is 28.1 Å². The number of phenolic OH excluding ortho intramolecular Hbond substituents is 1.